The van der Waals surface area contributed by atoms with Crippen LogP contribution in [0.4, 0.5) is 0 Å². The minimum atomic E-state index is -3.07. The fourth-order valence-corrected chi connectivity index (χ4v) is 5.59. The number of rotatable bonds is 2. The van der Waals surface area contributed by atoms with Crippen LogP contribution in [0.3, 0.4) is 0 Å². The van der Waals surface area contributed by atoms with Crippen LogP contribution in [0, 0.1) is 0 Å². The molecule has 0 spiro atoms. The van der Waals surface area contributed by atoms with E-state index in [0.717, 1.165) is 18.4 Å². The highest BCUT2D eigenvalue weighted by Gasteiger charge is 2.35. The first kappa shape index (κ1) is 12.5. The third-order valence-corrected chi connectivity index (χ3v) is 6.54. The average Bonchev–Trinajstić information content (AvgIpc) is 2.63. The third-order valence-electron chi connectivity index (χ3n) is 3.67. The number of sulfone groups is 1. The van der Waals surface area contributed by atoms with E-state index in [1.807, 2.05) is 23.9 Å². The normalized spacial score (nSPS) is 27.0. The molecule has 1 atom stereocenters. The highest BCUT2D eigenvalue weighted by Crippen LogP contribution is 2.34. The Morgan fingerprint density at radius 1 is 1.17 bits per heavy atom. The third kappa shape index (κ3) is 2.31. The lowest BCUT2D eigenvalue weighted by Gasteiger charge is -2.26. The molecule has 18 heavy (non-hydrogen) atoms. The van der Waals surface area contributed by atoms with E-state index in [1.54, 1.807) is 12.1 Å². The van der Waals surface area contributed by atoms with Crippen molar-refractivity contribution >= 4 is 21.6 Å². The minimum Gasteiger partial charge on any atom is -0.306 e. The predicted octanol–water partition coefficient (Wildman–Crippen LogP) is 2.00. The van der Waals surface area contributed by atoms with E-state index in [4.69, 9.17) is 0 Å². The number of fused-ring (bicyclic) bond motifs is 1. The van der Waals surface area contributed by atoms with Gasteiger partial charge in [-0.2, -0.15) is 11.8 Å². The summed E-state index contributed by atoms with van der Waals surface area (Å²) < 4.78 is 24.1. The van der Waals surface area contributed by atoms with E-state index in [9.17, 15) is 8.42 Å². The van der Waals surface area contributed by atoms with Crippen molar-refractivity contribution < 1.29 is 8.42 Å². The molecule has 1 N–H and O–H groups in total. The number of thioether (sulfide) groups is 1. The number of benzene rings is 1. The molecule has 0 radical (unpaired) electrons. The van der Waals surface area contributed by atoms with Gasteiger partial charge in [0, 0.05) is 12.1 Å². The molecule has 1 unspecified atom stereocenters. The number of nitrogens with one attached hydrogen (secondary N) is 1. The smallest absolute Gasteiger partial charge is 0.180 e. The largest absolute Gasteiger partial charge is 0.306 e. The lowest BCUT2D eigenvalue weighted by Crippen LogP contribution is -2.36. The first-order valence-corrected chi connectivity index (χ1v) is 9.13. The Bertz CT molecular complexity index is 536. The van der Waals surface area contributed by atoms with Crippen molar-refractivity contribution in [1.29, 1.82) is 0 Å². The standard InChI is InChI=1S/C13H17NO2S2/c15-18(16)9-12(11-3-1-2-4-13(11)18)14-10-5-7-17-8-6-10/h1-4,10,12,14H,5-9H2. The van der Waals surface area contributed by atoms with Crippen LogP contribution in [0.25, 0.3) is 0 Å². The molecule has 1 aromatic rings. The van der Waals surface area contributed by atoms with Crippen LogP contribution in [0.15, 0.2) is 29.2 Å². The van der Waals surface area contributed by atoms with Crippen molar-refractivity contribution in [1.82, 2.24) is 5.32 Å². The van der Waals surface area contributed by atoms with E-state index in [1.165, 1.54) is 11.5 Å². The summed E-state index contributed by atoms with van der Waals surface area (Å²) >= 11 is 1.98. The summed E-state index contributed by atoms with van der Waals surface area (Å²) in [5.74, 6) is 2.58. The molecule has 3 nitrogen and oxygen atoms in total. The van der Waals surface area contributed by atoms with Gasteiger partial charge in [-0.05, 0) is 36.0 Å². The minimum absolute atomic E-state index is 0.0145. The molecule has 98 valence electrons. The van der Waals surface area contributed by atoms with Crippen molar-refractivity contribution in [3.63, 3.8) is 0 Å². The molecule has 2 heterocycles. The van der Waals surface area contributed by atoms with E-state index < -0.39 is 9.84 Å². The molecule has 1 fully saturated rings. The van der Waals surface area contributed by atoms with Gasteiger partial charge in [0.05, 0.1) is 10.6 Å². The summed E-state index contributed by atoms with van der Waals surface area (Å²) in [5.41, 5.74) is 0.954. The van der Waals surface area contributed by atoms with Crippen LogP contribution in [-0.2, 0) is 9.84 Å². The number of hydrogen-bond acceptors (Lipinski definition) is 4. The summed E-state index contributed by atoms with van der Waals surface area (Å²) in [5, 5.41) is 3.54. The zero-order valence-corrected chi connectivity index (χ0v) is 11.8. The van der Waals surface area contributed by atoms with Crippen LogP contribution in [0.2, 0.25) is 0 Å². The zero-order chi connectivity index (χ0) is 12.6. The summed E-state index contributed by atoms with van der Waals surface area (Å²) in [6.07, 6.45) is 2.28. The highest BCUT2D eigenvalue weighted by molar-refractivity contribution is 7.99. The predicted molar refractivity (Wildman–Crippen MR) is 74.7 cm³/mol. The Balaban J connectivity index is 1.83. The molecule has 0 amide bonds. The van der Waals surface area contributed by atoms with Crippen LogP contribution >= 0.6 is 11.8 Å². The Morgan fingerprint density at radius 2 is 1.89 bits per heavy atom. The SMILES string of the molecule is O=S1(=O)CC(NC2CCSCC2)c2ccccc21. The van der Waals surface area contributed by atoms with Crippen molar-refractivity contribution in [2.75, 3.05) is 17.3 Å². The molecule has 2 aliphatic rings. The van der Waals surface area contributed by atoms with Gasteiger partial charge >= 0.3 is 0 Å². The van der Waals surface area contributed by atoms with Gasteiger partial charge in [-0.15, -0.1) is 0 Å². The molecule has 1 saturated heterocycles. The molecule has 0 aliphatic carbocycles. The van der Waals surface area contributed by atoms with E-state index >= 15 is 0 Å². The van der Waals surface area contributed by atoms with E-state index in [2.05, 4.69) is 5.32 Å². The summed E-state index contributed by atoms with van der Waals surface area (Å²) in [6, 6.07) is 7.84. The van der Waals surface area contributed by atoms with Gasteiger partial charge in [0.2, 0.25) is 0 Å². The molecule has 5 heteroatoms. The molecule has 0 bridgehead atoms. The van der Waals surface area contributed by atoms with Crippen molar-refractivity contribution in [2.24, 2.45) is 0 Å². The second-order valence-corrected chi connectivity index (χ2v) is 8.15. The molecule has 2 aliphatic heterocycles. The Morgan fingerprint density at radius 3 is 2.67 bits per heavy atom. The Kier molecular flexibility index (Phi) is 3.38. The van der Waals surface area contributed by atoms with Crippen LogP contribution < -0.4 is 5.32 Å². The fraction of sp³-hybridized carbons (Fsp3) is 0.538. The Labute approximate surface area is 112 Å². The van der Waals surface area contributed by atoms with Gasteiger partial charge in [0.15, 0.2) is 9.84 Å². The maximum absolute atomic E-state index is 12.1. The highest BCUT2D eigenvalue weighted by atomic mass is 32.2. The summed E-state index contributed by atoms with van der Waals surface area (Å²) in [6.45, 7) is 0. The second kappa shape index (κ2) is 4.87. The van der Waals surface area contributed by atoms with Crippen molar-refractivity contribution in [3.05, 3.63) is 29.8 Å². The van der Waals surface area contributed by atoms with Crippen LogP contribution in [-0.4, -0.2) is 31.7 Å². The molecule has 0 aromatic heterocycles. The van der Waals surface area contributed by atoms with Gasteiger partial charge < -0.3 is 5.32 Å². The van der Waals surface area contributed by atoms with E-state index in [0.29, 0.717) is 10.9 Å². The molecular formula is C13H17NO2S2. The number of hydrogen-bond donors (Lipinski definition) is 1. The van der Waals surface area contributed by atoms with Gasteiger partial charge in [-0.1, -0.05) is 18.2 Å². The topological polar surface area (TPSA) is 46.2 Å². The lowest BCUT2D eigenvalue weighted by molar-refractivity contribution is 0.434. The Hall–Kier alpha value is -0.520. The van der Waals surface area contributed by atoms with Gasteiger partial charge in [-0.25, -0.2) is 8.42 Å². The maximum Gasteiger partial charge on any atom is 0.180 e. The quantitative estimate of drug-likeness (QED) is 0.902. The molecular weight excluding hydrogens is 266 g/mol. The molecule has 3 rings (SSSR count). The van der Waals surface area contributed by atoms with Gasteiger partial charge in [-0.3, -0.25) is 0 Å². The first-order chi connectivity index (χ1) is 8.67. The summed E-state index contributed by atoms with van der Waals surface area (Å²) in [4.78, 5) is 0.521. The fourth-order valence-electron chi connectivity index (χ4n) is 2.74. The van der Waals surface area contributed by atoms with Crippen molar-refractivity contribution in [3.8, 4) is 0 Å². The van der Waals surface area contributed by atoms with Gasteiger partial charge in [0.1, 0.15) is 0 Å². The first-order valence-electron chi connectivity index (χ1n) is 6.32. The van der Waals surface area contributed by atoms with Crippen LogP contribution in [0.1, 0.15) is 24.4 Å². The molecule has 1 aromatic carbocycles. The lowest BCUT2D eigenvalue weighted by atomic mass is 10.1. The van der Waals surface area contributed by atoms with E-state index in [-0.39, 0.29) is 11.8 Å². The van der Waals surface area contributed by atoms with Crippen molar-refractivity contribution in [2.45, 2.75) is 29.8 Å². The monoisotopic (exact) mass is 283 g/mol. The summed E-state index contributed by atoms with van der Waals surface area (Å²) in [7, 11) is -3.07. The molecule has 0 saturated carbocycles. The second-order valence-electron chi connectivity index (χ2n) is 4.93. The average molecular weight is 283 g/mol. The zero-order valence-electron chi connectivity index (χ0n) is 10.1. The van der Waals surface area contributed by atoms with Crippen LogP contribution in [0.5, 0.6) is 0 Å². The maximum atomic E-state index is 12.1. The van der Waals surface area contributed by atoms with Gasteiger partial charge in [0.25, 0.3) is 0 Å².